The number of aryl methyl sites for hydroxylation is 2. The largest absolute Gasteiger partial charge is 0.479 e. The first kappa shape index (κ1) is 20.7. The van der Waals surface area contributed by atoms with Gasteiger partial charge in [0, 0.05) is 0 Å². The Balaban J connectivity index is 1.79. The molecule has 0 aromatic heterocycles. The van der Waals surface area contributed by atoms with Crippen LogP contribution in [0.2, 0.25) is 0 Å². The van der Waals surface area contributed by atoms with Crippen LogP contribution in [0.1, 0.15) is 30.0 Å². The van der Waals surface area contributed by atoms with E-state index in [1.165, 1.54) is 11.8 Å². The smallest absolute Gasteiger partial charge is 0.344 e. The molecule has 0 bridgehead atoms. The van der Waals surface area contributed by atoms with Gasteiger partial charge in [-0.2, -0.15) is 0 Å². The molecule has 1 aliphatic heterocycles. The van der Waals surface area contributed by atoms with Crippen LogP contribution < -0.4 is 10.1 Å². The normalized spacial score (nSPS) is 17.4. The van der Waals surface area contributed by atoms with Gasteiger partial charge in [-0.1, -0.05) is 36.8 Å². The van der Waals surface area contributed by atoms with Crippen LogP contribution in [0.5, 0.6) is 5.75 Å². The number of rotatable bonds is 6. The summed E-state index contributed by atoms with van der Waals surface area (Å²) >= 11 is 1.27. The molecule has 0 radical (unpaired) electrons. The summed E-state index contributed by atoms with van der Waals surface area (Å²) in [7, 11) is 0. The van der Waals surface area contributed by atoms with E-state index in [0.29, 0.717) is 22.2 Å². The third-order valence-electron chi connectivity index (χ3n) is 4.31. The van der Waals surface area contributed by atoms with E-state index in [1.54, 1.807) is 31.2 Å². The van der Waals surface area contributed by atoms with E-state index < -0.39 is 12.1 Å². The molecule has 3 rings (SSSR count). The van der Waals surface area contributed by atoms with E-state index in [2.05, 4.69) is 10.3 Å². The van der Waals surface area contributed by atoms with Crippen molar-refractivity contribution < 1.29 is 19.4 Å². The minimum Gasteiger partial charge on any atom is -0.479 e. The van der Waals surface area contributed by atoms with Crippen LogP contribution in [-0.2, 0) is 9.59 Å². The molecule has 1 amide bonds. The average molecular weight is 410 g/mol. The Morgan fingerprint density at radius 2 is 2.07 bits per heavy atom. The van der Waals surface area contributed by atoms with E-state index in [1.807, 2.05) is 38.1 Å². The number of nitrogens with one attached hydrogen (secondary N) is 1. The average Bonchev–Trinajstić information content (AvgIpc) is 3.01. The summed E-state index contributed by atoms with van der Waals surface area (Å²) in [5.74, 6) is -0.780. The zero-order chi connectivity index (χ0) is 21.0. The number of benzene rings is 2. The molecular formula is C22H22N2O4S. The van der Waals surface area contributed by atoms with Gasteiger partial charge in [-0.25, -0.2) is 9.79 Å². The maximum atomic E-state index is 12.3. The molecule has 7 heteroatoms. The molecule has 150 valence electrons. The molecule has 2 N–H and O–H groups in total. The predicted octanol–water partition coefficient (Wildman–Crippen LogP) is 4.44. The van der Waals surface area contributed by atoms with Crippen molar-refractivity contribution >= 4 is 40.6 Å². The van der Waals surface area contributed by atoms with Crippen molar-refractivity contribution in [2.75, 3.05) is 0 Å². The van der Waals surface area contributed by atoms with Crippen molar-refractivity contribution in [3.8, 4) is 5.75 Å². The fourth-order valence-corrected chi connectivity index (χ4v) is 3.66. The predicted molar refractivity (Wildman–Crippen MR) is 116 cm³/mol. The monoisotopic (exact) mass is 410 g/mol. The lowest BCUT2D eigenvalue weighted by Gasteiger charge is -2.13. The number of nitrogens with zero attached hydrogens (tertiary/aromatic N) is 1. The SMILES string of the molecule is CCC(Oc1cccc(/C=C2/SC(=Nc3ccc(C)cc3C)NC2=O)c1)C(=O)O. The molecule has 6 nitrogen and oxygen atoms in total. The van der Waals surface area contributed by atoms with E-state index in [0.717, 1.165) is 22.4 Å². The number of carbonyl (C=O) groups excluding carboxylic acids is 1. The summed E-state index contributed by atoms with van der Waals surface area (Å²) < 4.78 is 5.52. The highest BCUT2D eigenvalue weighted by atomic mass is 32.2. The van der Waals surface area contributed by atoms with E-state index in [4.69, 9.17) is 9.84 Å². The number of aliphatic imine (C=N–C) groups is 1. The van der Waals surface area contributed by atoms with Gasteiger partial charge in [-0.3, -0.25) is 4.79 Å². The van der Waals surface area contributed by atoms with Crippen molar-refractivity contribution in [2.24, 2.45) is 4.99 Å². The Bertz CT molecular complexity index is 1010. The van der Waals surface area contributed by atoms with Crippen LogP contribution in [0.25, 0.3) is 6.08 Å². The minimum atomic E-state index is -1.01. The lowest BCUT2D eigenvalue weighted by molar-refractivity contribution is -0.145. The number of carboxylic acids is 1. The molecular weight excluding hydrogens is 388 g/mol. The lowest BCUT2D eigenvalue weighted by atomic mass is 10.1. The van der Waals surface area contributed by atoms with Gasteiger partial charge < -0.3 is 15.2 Å². The fourth-order valence-electron chi connectivity index (χ4n) is 2.82. The standard InChI is InChI=1S/C22H22N2O4S/c1-4-18(21(26)27)28-16-7-5-6-15(11-16)12-19-20(25)24-22(29-19)23-17-9-8-13(2)10-14(17)3/h5-12,18H,4H2,1-3H3,(H,26,27)(H,23,24,25)/b19-12+. The zero-order valence-electron chi connectivity index (χ0n) is 16.4. The van der Waals surface area contributed by atoms with Crippen LogP contribution in [0.3, 0.4) is 0 Å². The molecule has 1 fully saturated rings. The Morgan fingerprint density at radius 3 is 2.76 bits per heavy atom. The second kappa shape index (κ2) is 8.96. The molecule has 2 aromatic carbocycles. The van der Waals surface area contributed by atoms with Crippen LogP contribution >= 0.6 is 11.8 Å². The van der Waals surface area contributed by atoms with E-state index >= 15 is 0 Å². The van der Waals surface area contributed by atoms with Crippen LogP contribution in [0.15, 0.2) is 52.4 Å². The number of amides is 1. The van der Waals surface area contributed by atoms with Crippen molar-refractivity contribution in [2.45, 2.75) is 33.3 Å². The van der Waals surface area contributed by atoms with Crippen LogP contribution in [0.4, 0.5) is 5.69 Å². The molecule has 0 spiro atoms. The molecule has 29 heavy (non-hydrogen) atoms. The summed E-state index contributed by atoms with van der Waals surface area (Å²) in [5, 5.41) is 12.5. The number of hydrogen-bond donors (Lipinski definition) is 2. The summed E-state index contributed by atoms with van der Waals surface area (Å²) in [6, 6.07) is 13.0. The number of aliphatic carboxylic acids is 1. The lowest BCUT2D eigenvalue weighted by Crippen LogP contribution is -2.25. The van der Waals surface area contributed by atoms with Gasteiger partial charge in [0.25, 0.3) is 5.91 Å². The van der Waals surface area contributed by atoms with E-state index in [-0.39, 0.29) is 5.91 Å². The minimum absolute atomic E-state index is 0.221. The van der Waals surface area contributed by atoms with Gasteiger partial charge in [0.1, 0.15) is 5.75 Å². The number of carbonyl (C=O) groups is 2. The van der Waals surface area contributed by atoms with Gasteiger partial charge in [0.2, 0.25) is 0 Å². The molecule has 1 heterocycles. The van der Waals surface area contributed by atoms with Crippen molar-refractivity contribution in [1.29, 1.82) is 0 Å². The van der Waals surface area contributed by atoms with Gasteiger partial charge in [0.15, 0.2) is 11.3 Å². The molecule has 0 saturated carbocycles. The zero-order valence-corrected chi connectivity index (χ0v) is 17.2. The first-order valence-corrected chi connectivity index (χ1v) is 10.0. The topological polar surface area (TPSA) is 88.0 Å². The number of amidine groups is 1. The second-order valence-corrected chi connectivity index (χ2v) is 7.73. The highest BCUT2D eigenvalue weighted by molar-refractivity contribution is 8.18. The molecule has 0 aliphatic carbocycles. The first-order chi connectivity index (χ1) is 13.9. The highest BCUT2D eigenvalue weighted by Gasteiger charge is 2.24. The van der Waals surface area contributed by atoms with E-state index in [9.17, 15) is 9.59 Å². The Morgan fingerprint density at radius 1 is 1.28 bits per heavy atom. The fraction of sp³-hybridized carbons (Fsp3) is 0.227. The van der Waals surface area contributed by atoms with Gasteiger partial charge in [-0.15, -0.1) is 0 Å². The third-order valence-corrected chi connectivity index (χ3v) is 5.22. The van der Waals surface area contributed by atoms with Gasteiger partial charge >= 0.3 is 5.97 Å². The van der Waals surface area contributed by atoms with Crippen molar-refractivity contribution in [3.63, 3.8) is 0 Å². The van der Waals surface area contributed by atoms with Gasteiger partial charge in [0.05, 0.1) is 10.6 Å². The molecule has 1 aliphatic rings. The summed E-state index contributed by atoms with van der Waals surface area (Å²) in [6.45, 7) is 5.76. The quantitative estimate of drug-likeness (QED) is 0.688. The number of thioether (sulfide) groups is 1. The van der Waals surface area contributed by atoms with Crippen LogP contribution in [0, 0.1) is 13.8 Å². The molecule has 1 atom stereocenters. The summed E-state index contributed by atoms with van der Waals surface area (Å²) in [4.78, 5) is 28.5. The number of ether oxygens (including phenoxy) is 1. The molecule has 1 saturated heterocycles. The third kappa shape index (κ3) is 5.26. The van der Waals surface area contributed by atoms with Crippen molar-refractivity contribution in [3.05, 3.63) is 64.1 Å². The van der Waals surface area contributed by atoms with Gasteiger partial charge in [-0.05, 0) is 67.4 Å². The maximum Gasteiger partial charge on any atom is 0.344 e. The number of carboxylic acid groups (broad SMARTS) is 1. The molecule has 2 aromatic rings. The van der Waals surface area contributed by atoms with Crippen molar-refractivity contribution in [1.82, 2.24) is 5.32 Å². The Hall–Kier alpha value is -3.06. The first-order valence-electron chi connectivity index (χ1n) is 9.22. The maximum absolute atomic E-state index is 12.3. The summed E-state index contributed by atoms with van der Waals surface area (Å²) in [5.41, 5.74) is 3.76. The Labute approximate surface area is 173 Å². The highest BCUT2D eigenvalue weighted by Crippen LogP contribution is 2.30. The Kier molecular flexibility index (Phi) is 6.39. The second-order valence-electron chi connectivity index (χ2n) is 6.70. The van der Waals surface area contributed by atoms with Crippen LogP contribution in [-0.4, -0.2) is 28.3 Å². The number of hydrogen-bond acceptors (Lipinski definition) is 5. The summed E-state index contributed by atoms with van der Waals surface area (Å²) in [6.07, 6.45) is 1.19. The molecule has 1 unspecified atom stereocenters.